The van der Waals surface area contributed by atoms with Crippen molar-refractivity contribution < 1.29 is 5.11 Å². The Morgan fingerprint density at radius 2 is 1.60 bits per heavy atom. The summed E-state index contributed by atoms with van der Waals surface area (Å²) >= 11 is 0. The lowest BCUT2D eigenvalue weighted by Gasteiger charge is -2.06. The van der Waals surface area contributed by atoms with Crippen LogP contribution in [0.3, 0.4) is 0 Å². The van der Waals surface area contributed by atoms with E-state index >= 15 is 0 Å². The van der Waals surface area contributed by atoms with E-state index in [1.807, 2.05) is 48.5 Å². The van der Waals surface area contributed by atoms with Gasteiger partial charge in [0.25, 0.3) is 0 Å². The number of hydrogen-bond donors (Lipinski definition) is 2. The summed E-state index contributed by atoms with van der Waals surface area (Å²) in [5.41, 5.74) is 7.56. The SMILES string of the molecule is Nc1cccc2ccc(N=Nc3ccccc3)c(O)c12. The number of phenolic OH excluding ortho intramolecular Hbond substituents is 1. The van der Waals surface area contributed by atoms with Gasteiger partial charge in [-0.05, 0) is 29.7 Å². The Labute approximate surface area is 116 Å². The Balaban J connectivity index is 2.07. The second-order valence-electron chi connectivity index (χ2n) is 4.41. The van der Waals surface area contributed by atoms with Gasteiger partial charge in [-0.15, -0.1) is 5.11 Å². The van der Waals surface area contributed by atoms with Gasteiger partial charge in [-0.25, -0.2) is 0 Å². The topological polar surface area (TPSA) is 71.0 Å². The summed E-state index contributed by atoms with van der Waals surface area (Å²) in [6.07, 6.45) is 0. The normalized spacial score (nSPS) is 11.2. The van der Waals surface area contributed by atoms with Crippen molar-refractivity contribution in [2.75, 3.05) is 5.73 Å². The first-order valence-corrected chi connectivity index (χ1v) is 6.22. The van der Waals surface area contributed by atoms with E-state index in [4.69, 9.17) is 5.73 Å². The van der Waals surface area contributed by atoms with Crippen LogP contribution < -0.4 is 5.73 Å². The molecule has 0 radical (unpaired) electrons. The number of azo groups is 1. The third-order valence-corrected chi connectivity index (χ3v) is 3.06. The van der Waals surface area contributed by atoms with E-state index in [1.165, 1.54) is 0 Å². The highest BCUT2D eigenvalue weighted by molar-refractivity contribution is 6.00. The fourth-order valence-corrected chi connectivity index (χ4v) is 2.06. The van der Waals surface area contributed by atoms with Gasteiger partial charge < -0.3 is 10.8 Å². The molecule has 0 bridgehead atoms. The number of nitrogen functional groups attached to an aromatic ring is 1. The van der Waals surface area contributed by atoms with Crippen LogP contribution in [0, 0.1) is 0 Å². The van der Waals surface area contributed by atoms with Gasteiger partial charge in [0.05, 0.1) is 5.69 Å². The zero-order valence-corrected chi connectivity index (χ0v) is 10.7. The smallest absolute Gasteiger partial charge is 0.152 e. The van der Waals surface area contributed by atoms with Crippen molar-refractivity contribution in [2.24, 2.45) is 10.2 Å². The second kappa shape index (κ2) is 5.01. The minimum atomic E-state index is 0.0558. The van der Waals surface area contributed by atoms with Crippen LogP contribution in [-0.4, -0.2) is 5.11 Å². The number of benzene rings is 3. The van der Waals surface area contributed by atoms with Crippen LogP contribution in [-0.2, 0) is 0 Å². The first-order chi connectivity index (χ1) is 9.75. The molecule has 0 atom stereocenters. The maximum Gasteiger partial charge on any atom is 0.152 e. The van der Waals surface area contributed by atoms with E-state index in [-0.39, 0.29) is 5.75 Å². The lowest BCUT2D eigenvalue weighted by atomic mass is 10.1. The zero-order chi connectivity index (χ0) is 13.9. The summed E-state index contributed by atoms with van der Waals surface area (Å²) in [6.45, 7) is 0. The molecule has 4 heteroatoms. The number of nitrogens with zero attached hydrogens (tertiary/aromatic N) is 2. The number of hydrogen-bond acceptors (Lipinski definition) is 4. The largest absolute Gasteiger partial charge is 0.505 e. The molecular weight excluding hydrogens is 250 g/mol. The molecule has 0 amide bonds. The van der Waals surface area contributed by atoms with Crippen LogP contribution in [0.4, 0.5) is 17.1 Å². The van der Waals surface area contributed by atoms with Crippen LogP contribution in [0.15, 0.2) is 70.9 Å². The molecule has 0 aliphatic heterocycles. The molecule has 0 heterocycles. The quantitative estimate of drug-likeness (QED) is 0.526. The Kier molecular flexibility index (Phi) is 3.05. The fraction of sp³-hybridized carbons (Fsp3) is 0. The molecule has 98 valence electrons. The van der Waals surface area contributed by atoms with Gasteiger partial charge in [0.1, 0.15) is 5.69 Å². The maximum absolute atomic E-state index is 10.3. The Morgan fingerprint density at radius 3 is 2.40 bits per heavy atom. The Hall–Kier alpha value is -2.88. The lowest BCUT2D eigenvalue weighted by molar-refractivity contribution is 0.483. The van der Waals surface area contributed by atoms with Crippen molar-refractivity contribution in [3.63, 3.8) is 0 Å². The number of aromatic hydroxyl groups is 1. The summed E-state index contributed by atoms with van der Waals surface area (Å²) in [4.78, 5) is 0. The molecule has 0 aliphatic rings. The predicted octanol–water partition coefficient (Wildman–Crippen LogP) is 4.54. The van der Waals surface area contributed by atoms with Crippen molar-refractivity contribution in [3.05, 3.63) is 60.7 Å². The fourth-order valence-electron chi connectivity index (χ4n) is 2.06. The third kappa shape index (κ3) is 2.19. The molecule has 3 rings (SSSR count). The molecule has 0 spiro atoms. The van der Waals surface area contributed by atoms with Crippen molar-refractivity contribution in [3.8, 4) is 5.75 Å². The summed E-state index contributed by atoms with van der Waals surface area (Å²) in [6, 6.07) is 18.4. The molecule has 3 aromatic rings. The molecule has 0 unspecified atom stereocenters. The predicted molar refractivity (Wildman–Crippen MR) is 80.6 cm³/mol. The summed E-state index contributed by atoms with van der Waals surface area (Å²) in [5.74, 6) is 0.0558. The highest BCUT2D eigenvalue weighted by atomic mass is 16.3. The van der Waals surface area contributed by atoms with E-state index in [1.54, 1.807) is 12.1 Å². The minimum Gasteiger partial charge on any atom is -0.505 e. The van der Waals surface area contributed by atoms with Crippen molar-refractivity contribution in [2.45, 2.75) is 0 Å². The highest BCUT2D eigenvalue weighted by Gasteiger charge is 2.08. The number of fused-ring (bicyclic) bond motifs is 1. The summed E-state index contributed by atoms with van der Waals surface area (Å²) < 4.78 is 0. The van der Waals surface area contributed by atoms with Crippen LogP contribution in [0.5, 0.6) is 5.75 Å². The highest BCUT2D eigenvalue weighted by Crippen LogP contribution is 2.38. The van der Waals surface area contributed by atoms with E-state index in [2.05, 4.69) is 10.2 Å². The van der Waals surface area contributed by atoms with Crippen LogP contribution in [0.1, 0.15) is 0 Å². The molecule has 3 N–H and O–H groups in total. The van der Waals surface area contributed by atoms with Gasteiger partial charge in [-0.3, -0.25) is 0 Å². The van der Waals surface area contributed by atoms with Crippen LogP contribution in [0.2, 0.25) is 0 Å². The molecule has 0 aromatic heterocycles. The average Bonchev–Trinajstić information content (AvgIpc) is 2.48. The number of phenols is 1. The molecule has 4 nitrogen and oxygen atoms in total. The van der Waals surface area contributed by atoms with Gasteiger partial charge in [0.2, 0.25) is 0 Å². The Morgan fingerprint density at radius 1 is 0.800 bits per heavy atom. The number of anilines is 1. The second-order valence-corrected chi connectivity index (χ2v) is 4.41. The monoisotopic (exact) mass is 263 g/mol. The first-order valence-electron chi connectivity index (χ1n) is 6.22. The number of rotatable bonds is 2. The average molecular weight is 263 g/mol. The molecule has 20 heavy (non-hydrogen) atoms. The summed E-state index contributed by atoms with van der Waals surface area (Å²) in [5, 5.41) is 19.9. The van der Waals surface area contributed by atoms with Crippen molar-refractivity contribution in [1.82, 2.24) is 0 Å². The minimum absolute atomic E-state index is 0.0558. The van der Waals surface area contributed by atoms with E-state index in [9.17, 15) is 5.11 Å². The van der Waals surface area contributed by atoms with Crippen molar-refractivity contribution in [1.29, 1.82) is 0 Å². The number of nitrogens with two attached hydrogens (primary N) is 1. The van der Waals surface area contributed by atoms with Gasteiger partial charge in [0, 0.05) is 11.1 Å². The first kappa shape index (κ1) is 12.2. The maximum atomic E-state index is 10.3. The summed E-state index contributed by atoms with van der Waals surface area (Å²) in [7, 11) is 0. The van der Waals surface area contributed by atoms with E-state index in [0.29, 0.717) is 16.8 Å². The molecule has 0 saturated carbocycles. The van der Waals surface area contributed by atoms with Gasteiger partial charge in [-0.1, -0.05) is 36.4 Å². The molecule has 0 saturated heterocycles. The molecule has 0 aliphatic carbocycles. The standard InChI is InChI=1S/C16H13N3O/c17-13-8-4-5-11-9-10-14(16(20)15(11)13)19-18-12-6-2-1-3-7-12/h1-10,20H,17H2. The third-order valence-electron chi connectivity index (χ3n) is 3.06. The Bertz CT molecular complexity index is 782. The van der Waals surface area contributed by atoms with Crippen LogP contribution >= 0.6 is 0 Å². The molecule has 0 fully saturated rings. The van der Waals surface area contributed by atoms with Crippen molar-refractivity contribution >= 4 is 27.8 Å². The van der Waals surface area contributed by atoms with E-state index in [0.717, 1.165) is 11.1 Å². The molecular formula is C16H13N3O. The van der Waals surface area contributed by atoms with Gasteiger partial charge in [-0.2, -0.15) is 5.11 Å². The molecule has 3 aromatic carbocycles. The van der Waals surface area contributed by atoms with Gasteiger partial charge in [0.15, 0.2) is 5.75 Å². The lowest BCUT2D eigenvalue weighted by Crippen LogP contribution is -1.86. The van der Waals surface area contributed by atoms with Crippen LogP contribution in [0.25, 0.3) is 10.8 Å². The van der Waals surface area contributed by atoms with E-state index < -0.39 is 0 Å². The zero-order valence-electron chi connectivity index (χ0n) is 10.7. The van der Waals surface area contributed by atoms with Gasteiger partial charge >= 0.3 is 0 Å².